The highest BCUT2D eigenvalue weighted by Gasteiger charge is 2.29. The lowest BCUT2D eigenvalue weighted by molar-refractivity contribution is 0.0698. The summed E-state index contributed by atoms with van der Waals surface area (Å²) in [5.41, 5.74) is 6.05. The van der Waals surface area contributed by atoms with E-state index in [1.54, 1.807) is 0 Å². The largest absolute Gasteiger partial charge is 0.371 e. The molecule has 5 heteroatoms. The van der Waals surface area contributed by atoms with E-state index >= 15 is 0 Å². The van der Waals surface area contributed by atoms with Gasteiger partial charge < -0.3 is 15.0 Å². The second kappa shape index (κ2) is 5.14. The van der Waals surface area contributed by atoms with E-state index in [1.807, 2.05) is 13.8 Å². The normalized spacial score (nSPS) is 19.1. The number of aromatic nitrogens is 2. The molecule has 0 unspecified atom stereocenters. The molecule has 1 aliphatic carbocycles. The molecule has 1 heterocycles. The zero-order valence-corrected chi connectivity index (χ0v) is 10.6. The van der Waals surface area contributed by atoms with E-state index in [0.717, 1.165) is 12.8 Å². The molecule has 0 radical (unpaired) electrons. The number of hydrogen-bond donors (Lipinski definition) is 1. The van der Waals surface area contributed by atoms with E-state index in [2.05, 4.69) is 10.1 Å². The number of hydrogen-bond acceptors (Lipinski definition) is 5. The molecule has 1 saturated carbocycles. The lowest BCUT2D eigenvalue weighted by Crippen LogP contribution is -2.41. The third-order valence-corrected chi connectivity index (χ3v) is 3.20. The summed E-state index contributed by atoms with van der Waals surface area (Å²) in [6, 6.07) is 0. The van der Waals surface area contributed by atoms with E-state index < -0.39 is 0 Å². The summed E-state index contributed by atoms with van der Waals surface area (Å²) in [4.78, 5) is 4.25. The Labute approximate surface area is 102 Å². The van der Waals surface area contributed by atoms with Crippen LogP contribution in [0.15, 0.2) is 4.52 Å². The summed E-state index contributed by atoms with van der Waals surface area (Å²) in [6.45, 7) is 5.00. The summed E-state index contributed by atoms with van der Waals surface area (Å²) in [5, 5.41) is 3.87. The van der Waals surface area contributed by atoms with Gasteiger partial charge in [0.05, 0.1) is 6.61 Å². The third kappa shape index (κ3) is 3.26. The topological polar surface area (TPSA) is 74.2 Å². The van der Waals surface area contributed by atoms with Crippen molar-refractivity contribution in [2.75, 3.05) is 6.61 Å². The first-order valence-corrected chi connectivity index (χ1v) is 6.28. The highest BCUT2D eigenvalue weighted by molar-refractivity contribution is 4.91. The summed E-state index contributed by atoms with van der Waals surface area (Å²) in [7, 11) is 0. The van der Waals surface area contributed by atoms with Crippen LogP contribution in [0.5, 0.6) is 0 Å². The molecule has 0 atom stereocenters. The van der Waals surface area contributed by atoms with Crippen LogP contribution in [-0.2, 0) is 11.3 Å². The Kier molecular flexibility index (Phi) is 3.79. The Bertz CT molecular complexity index is 356. The van der Waals surface area contributed by atoms with Gasteiger partial charge in [-0.25, -0.2) is 0 Å². The minimum atomic E-state index is -0.134. The van der Waals surface area contributed by atoms with Crippen molar-refractivity contribution in [2.45, 2.75) is 57.6 Å². The van der Waals surface area contributed by atoms with Gasteiger partial charge in [-0.3, -0.25) is 0 Å². The van der Waals surface area contributed by atoms with Gasteiger partial charge in [-0.1, -0.05) is 31.8 Å². The number of ether oxygens (including phenoxy) is 1. The maximum absolute atomic E-state index is 6.19. The van der Waals surface area contributed by atoms with Gasteiger partial charge in [0.1, 0.15) is 6.61 Å². The third-order valence-electron chi connectivity index (χ3n) is 3.20. The highest BCUT2D eigenvalue weighted by Crippen LogP contribution is 2.27. The lowest BCUT2D eigenvalue weighted by atomic mass is 10.0. The Morgan fingerprint density at radius 2 is 2.12 bits per heavy atom. The Morgan fingerprint density at radius 1 is 1.41 bits per heavy atom. The first-order chi connectivity index (χ1) is 8.09. The van der Waals surface area contributed by atoms with Gasteiger partial charge in [0, 0.05) is 11.5 Å². The zero-order valence-electron chi connectivity index (χ0n) is 10.6. The van der Waals surface area contributed by atoms with Crippen LogP contribution < -0.4 is 5.73 Å². The smallest absolute Gasteiger partial charge is 0.229 e. The number of nitrogens with zero attached hydrogens (tertiary/aromatic N) is 2. The molecule has 0 spiro atoms. The van der Waals surface area contributed by atoms with E-state index in [1.165, 1.54) is 12.8 Å². The minimum Gasteiger partial charge on any atom is -0.371 e. The molecular weight excluding hydrogens is 218 g/mol. The van der Waals surface area contributed by atoms with Crippen molar-refractivity contribution in [1.82, 2.24) is 10.1 Å². The molecule has 1 aromatic rings. The summed E-state index contributed by atoms with van der Waals surface area (Å²) >= 11 is 0. The van der Waals surface area contributed by atoms with Crippen molar-refractivity contribution >= 4 is 0 Å². The molecule has 0 amide bonds. The number of nitrogens with two attached hydrogens (primary N) is 1. The summed E-state index contributed by atoms with van der Waals surface area (Å²) < 4.78 is 10.7. The molecule has 0 aliphatic heterocycles. The van der Waals surface area contributed by atoms with E-state index in [-0.39, 0.29) is 11.5 Å². The molecule has 2 rings (SSSR count). The quantitative estimate of drug-likeness (QED) is 0.850. The molecule has 1 fully saturated rings. The SMILES string of the molecule is CC(C)c1nc(COCC2(N)CCCC2)no1. The molecule has 96 valence electrons. The second-order valence-corrected chi connectivity index (χ2v) is 5.27. The van der Waals surface area contributed by atoms with Gasteiger partial charge in [-0.05, 0) is 12.8 Å². The maximum Gasteiger partial charge on any atom is 0.229 e. The van der Waals surface area contributed by atoms with Crippen molar-refractivity contribution in [2.24, 2.45) is 5.73 Å². The first kappa shape index (κ1) is 12.5. The van der Waals surface area contributed by atoms with Crippen LogP contribution >= 0.6 is 0 Å². The van der Waals surface area contributed by atoms with Gasteiger partial charge in [0.25, 0.3) is 0 Å². The van der Waals surface area contributed by atoms with Crippen LogP contribution in [0.3, 0.4) is 0 Å². The van der Waals surface area contributed by atoms with E-state index in [4.69, 9.17) is 15.0 Å². The van der Waals surface area contributed by atoms with Crippen molar-refractivity contribution in [3.05, 3.63) is 11.7 Å². The highest BCUT2D eigenvalue weighted by atomic mass is 16.5. The standard InChI is InChI=1S/C12H21N3O2/c1-9(2)11-14-10(15-17-11)7-16-8-12(13)5-3-4-6-12/h9H,3-8,13H2,1-2H3. The molecule has 1 aliphatic rings. The fraction of sp³-hybridized carbons (Fsp3) is 0.833. The average molecular weight is 239 g/mol. The van der Waals surface area contributed by atoms with Crippen LogP contribution in [-0.4, -0.2) is 22.3 Å². The molecule has 1 aromatic heterocycles. The van der Waals surface area contributed by atoms with Crippen LogP contribution in [0.25, 0.3) is 0 Å². The van der Waals surface area contributed by atoms with Crippen molar-refractivity contribution in [3.8, 4) is 0 Å². The van der Waals surface area contributed by atoms with Crippen molar-refractivity contribution < 1.29 is 9.26 Å². The maximum atomic E-state index is 6.19. The molecule has 17 heavy (non-hydrogen) atoms. The molecule has 0 saturated heterocycles. The van der Waals surface area contributed by atoms with Crippen molar-refractivity contribution in [3.63, 3.8) is 0 Å². The molecule has 0 aromatic carbocycles. The van der Waals surface area contributed by atoms with Gasteiger partial charge >= 0.3 is 0 Å². The number of rotatable bonds is 5. The first-order valence-electron chi connectivity index (χ1n) is 6.28. The monoisotopic (exact) mass is 239 g/mol. The molecular formula is C12H21N3O2. The average Bonchev–Trinajstić information content (AvgIpc) is 2.88. The predicted molar refractivity (Wildman–Crippen MR) is 63.4 cm³/mol. The second-order valence-electron chi connectivity index (χ2n) is 5.27. The summed E-state index contributed by atoms with van der Waals surface area (Å²) in [5.74, 6) is 1.52. The van der Waals surface area contributed by atoms with Gasteiger partial charge in [-0.15, -0.1) is 0 Å². The van der Waals surface area contributed by atoms with E-state index in [9.17, 15) is 0 Å². The minimum absolute atomic E-state index is 0.134. The van der Waals surface area contributed by atoms with Crippen LogP contribution in [0.1, 0.15) is 57.2 Å². The lowest BCUT2D eigenvalue weighted by Gasteiger charge is -2.22. The molecule has 5 nitrogen and oxygen atoms in total. The molecule has 2 N–H and O–H groups in total. The van der Waals surface area contributed by atoms with Gasteiger partial charge in [-0.2, -0.15) is 4.98 Å². The van der Waals surface area contributed by atoms with Crippen molar-refractivity contribution in [1.29, 1.82) is 0 Å². The van der Waals surface area contributed by atoms with Crippen LogP contribution in [0.2, 0.25) is 0 Å². The Morgan fingerprint density at radius 3 is 2.71 bits per heavy atom. The fourth-order valence-corrected chi connectivity index (χ4v) is 2.13. The van der Waals surface area contributed by atoms with Crippen LogP contribution in [0.4, 0.5) is 0 Å². The van der Waals surface area contributed by atoms with E-state index in [0.29, 0.717) is 24.9 Å². The zero-order chi connectivity index (χ0) is 12.3. The summed E-state index contributed by atoms with van der Waals surface area (Å²) in [6.07, 6.45) is 4.52. The Hall–Kier alpha value is -0.940. The predicted octanol–water partition coefficient (Wildman–Crippen LogP) is 1.98. The fourth-order valence-electron chi connectivity index (χ4n) is 2.13. The Balaban J connectivity index is 1.77. The molecule has 0 bridgehead atoms. The van der Waals surface area contributed by atoms with Crippen LogP contribution in [0, 0.1) is 0 Å². The van der Waals surface area contributed by atoms with Gasteiger partial charge in [0.2, 0.25) is 5.89 Å². The van der Waals surface area contributed by atoms with Gasteiger partial charge in [0.15, 0.2) is 5.82 Å².